The number of carbonyl (C=O) groups is 1. The molecule has 0 atom stereocenters. The quantitative estimate of drug-likeness (QED) is 0.622. The zero-order valence-electron chi connectivity index (χ0n) is 11.0. The summed E-state index contributed by atoms with van der Waals surface area (Å²) in [4.78, 5) is 11.3. The molecular formula is C12H18N2O4S. The second-order valence-electron chi connectivity index (χ2n) is 3.82. The summed E-state index contributed by atoms with van der Waals surface area (Å²) in [6.45, 7) is 3.70. The van der Waals surface area contributed by atoms with Gasteiger partial charge in [0, 0.05) is 12.2 Å². The molecule has 0 bridgehead atoms. The zero-order valence-corrected chi connectivity index (χ0v) is 11.8. The van der Waals surface area contributed by atoms with Crippen LogP contribution in [0.4, 0.5) is 11.4 Å². The molecule has 0 amide bonds. The molecule has 0 saturated heterocycles. The predicted octanol–water partition coefficient (Wildman–Crippen LogP) is 0.988. The van der Waals surface area contributed by atoms with E-state index in [0.717, 1.165) is 4.31 Å². The molecular weight excluding hydrogens is 268 g/mol. The van der Waals surface area contributed by atoms with E-state index in [0.29, 0.717) is 11.4 Å². The summed E-state index contributed by atoms with van der Waals surface area (Å²) in [5, 5.41) is 0. The number of anilines is 2. The minimum atomic E-state index is -3.74. The van der Waals surface area contributed by atoms with E-state index in [1.807, 2.05) is 0 Å². The van der Waals surface area contributed by atoms with Crippen LogP contribution >= 0.6 is 0 Å². The van der Waals surface area contributed by atoms with E-state index in [1.165, 1.54) is 0 Å². The summed E-state index contributed by atoms with van der Waals surface area (Å²) < 4.78 is 30.1. The number of hydrogen-bond acceptors (Lipinski definition) is 5. The number of nitrogens with two attached hydrogens (primary N) is 1. The fourth-order valence-corrected chi connectivity index (χ4v) is 2.98. The monoisotopic (exact) mass is 286 g/mol. The van der Waals surface area contributed by atoms with E-state index in [-0.39, 0.29) is 13.2 Å². The van der Waals surface area contributed by atoms with Crippen LogP contribution in [0.2, 0.25) is 0 Å². The molecule has 0 aliphatic heterocycles. The van der Waals surface area contributed by atoms with Gasteiger partial charge in [-0.15, -0.1) is 0 Å². The van der Waals surface area contributed by atoms with E-state index in [4.69, 9.17) is 5.73 Å². The minimum absolute atomic E-state index is 0.155. The van der Waals surface area contributed by atoms with Crippen LogP contribution in [0.1, 0.15) is 13.8 Å². The summed E-state index contributed by atoms with van der Waals surface area (Å²) >= 11 is 0. The van der Waals surface area contributed by atoms with Crippen LogP contribution in [0.3, 0.4) is 0 Å². The van der Waals surface area contributed by atoms with E-state index in [1.54, 1.807) is 38.1 Å². The third kappa shape index (κ3) is 4.13. The molecule has 19 heavy (non-hydrogen) atoms. The Morgan fingerprint density at radius 2 is 1.84 bits per heavy atom. The van der Waals surface area contributed by atoms with E-state index >= 15 is 0 Å². The Bertz CT molecular complexity index is 525. The van der Waals surface area contributed by atoms with Crippen LogP contribution in [0, 0.1) is 0 Å². The van der Waals surface area contributed by atoms with Crippen molar-refractivity contribution in [3.05, 3.63) is 24.3 Å². The van der Waals surface area contributed by atoms with Crippen molar-refractivity contribution in [2.24, 2.45) is 0 Å². The highest BCUT2D eigenvalue weighted by Gasteiger charge is 2.25. The number of ether oxygens (including phenoxy) is 1. The number of nitrogen functional groups attached to an aromatic ring is 1. The van der Waals surface area contributed by atoms with Crippen LogP contribution in [0.15, 0.2) is 24.3 Å². The standard InChI is InChI=1S/C12H18N2O4S/c1-3-14(11-7-5-10(13)6-8-11)19(16,17)9-12(15)18-4-2/h5-8H,3-4,9,13H2,1-2H3. The molecule has 6 nitrogen and oxygen atoms in total. The molecule has 1 aromatic carbocycles. The van der Waals surface area contributed by atoms with Gasteiger partial charge in [-0.2, -0.15) is 0 Å². The number of nitrogens with zero attached hydrogens (tertiary/aromatic N) is 1. The SMILES string of the molecule is CCOC(=O)CS(=O)(=O)N(CC)c1ccc(N)cc1. The van der Waals surface area contributed by atoms with Crippen molar-refractivity contribution < 1.29 is 17.9 Å². The summed E-state index contributed by atoms with van der Waals surface area (Å²) in [6, 6.07) is 6.42. The van der Waals surface area contributed by atoms with Crippen LogP contribution in [0.25, 0.3) is 0 Å². The molecule has 0 aliphatic rings. The molecule has 0 saturated carbocycles. The number of rotatable bonds is 6. The number of sulfonamides is 1. The average Bonchev–Trinajstić information content (AvgIpc) is 2.31. The summed E-state index contributed by atoms with van der Waals surface area (Å²) in [6.07, 6.45) is 0. The Balaban J connectivity index is 2.95. The van der Waals surface area contributed by atoms with Gasteiger partial charge in [-0.25, -0.2) is 8.42 Å². The highest BCUT2D eigenvalue weighted by Crippen LogP contribution is 2.19. The van der Waals surface area contributed by atoms with Crippen molar-refractivity contribution in [3.63, 3.8) is 0 Å². The highest BCUT2D eigenvalue weighted by molar-refractivity contribution is 7.93. The lowest BCUT2D eigenvalue weighted by molar-refractivity contribution is -0.139. The van der Waals surface area contributed by atoms with Crippen molar-refractivity contribution in [1.29, 1.82) is 0 Å². The molecule has 106 valence electrons. The van der Waals surface area contributed by atoms with Crippen molar-refractivity contribution in [1.82, 2.24) is 0 Å². The first kappa shape index (κ1) is 15.3. The lowest BCUT2D eigenvalue weighted by atomic mass is 10.3. The highest BCUT2D eigenvalue weighted by atomic mass is 32.2. The Morgan fingerprint density at radius 1 is 1.26 bits per heavy atom. The van der Waals surface area contributed by atoms with Gasteiger partial charge in [0.05, 0.1) is 12.3 Å². The molecule has 0 unspecified atom stereocenters. The predicted molar refractivity (Wildman–Crippen MR) is 74.3 cm³/mol. The first-order chi connectivity index (χ1) is 8.90. The van der Waals surface area contributed by atoms with Gasteiger partial charge in [-0.1, -0.05) is 0 Å². The van der Waals surface area contributed by atoms with Crippen molar-refractivity contribution in [3.8, 4) is 0 Å². The Labute approximate surface area is 113 Å². The topological polar surface area (TPSA) is 89.7 Å². The van der Waals surface area contributed by atoms with Gasteiger partial charge in [-0.05, 0) is 38.1 Å². The molecule has 0 aliphatic carbocycles. The van der Waals surface area contributed by atoms with E-state index in [2.05, 4.69) is 4.74 Å². The summed E-state index contributed by atoms with van der Waals surface area (Å²) in [7, 11) is -3.74. The number of esters is 1. The smallest absolute Gasteiger partial charge is 0.323 e. The number of carbonyl (C=O) groups excluding carboxylic acids is 1. The largest absolute Gasteiger partial charge is 0.465 e. The van der Waals surface area contributed by atoms with Crippen LogP contribution in [0.5, 0.6) is 0 Å². The maximum atomic E-state index is 12.1. The van der Waals surface area contributed by atoms with Gasteiger partial charge in [-0.3, -0.25) is 9.10 Å². The molecule has 0 heterocycles. The second kappa shape index (κ2) is 6.42. The Morgan fingerprint density at radius 3 is 2.32 bits per heavy atom. The number of hydrogen-bond donors (Lipinski definition) is 1. The van der Waals surface area contributed by atoms with Crippen LogP contribution in [-0.2, 0) is 19.6 Å². The summed E-state index contributed by atoms with van der Waals surface area (Å²) in [5.41, 5.74) is 6.57. The van der Waals surface area contributed by atoms with Crippen molar-refractivity contribution >= 4 is 27.4 Å². The van der Waals surface area contributed by atoms with Gasteiger partial charge in [0.1, 0.15) is 0 Å². The van der Waals surface area contributed by atoms with Gasteiger partial charge in [0.25, 0.3) is 0 Å². The maximum Gasteiger partial charge on any atom is 0.323 e. The Kier molecular flexibility index (Phi) is 5.17. The molecule has 1 rings (SSSR count). The van der Waals surface area contributed by atoms with Crippen LogP contribution in [-0.4, -0.2) is 33.3 Å². The lowest BCUT2D eigenvalue weighted by Gasteiger charge is -2.22. The molecule has 0 aromatic heterocycles. The minimum Gasteiger partial charge on any atom is -0.465 e. The molecule has 2 N–H and O–H groups in total. The molecule has 0 spiro atoms. The maximum absolute atomic E-state index is 12.1. The first-order valence-electron chi connectivity index (χ1n) is 5.92. The molecule has 0 radical (unpaired) electrons. The Hall–Kier alpha value is -1.76. The second-order valence-corrected chi connectivity index (χ2v) is 5.71. The van der Waals surface area contributed by atoms with Gasteiger partial charge in [0.15, 0.2) is 5.75 Å². The number of benzene rings is 1. The summed E-state index contributed by atoms with van der Waals surface area (Å²) in [5.74, 6) is -1.42. The first-order valence-corrected chi connectivity index (χ1v) is 7.53. The fraction of sp³-hybridized carbons (Fsp3) is 0.417. The van der Waals surface area contributed by atoms with Gasteiger partial charge < -0.3 is 10.5 Å². The molecule has 0 fully saturated rings. The van der Waals surface area contributed by atoms with Crippen molar-refractivity contribution in [2.45, 2.75) is 13.8 Å². The molecule has 7 heteroatoms. The van der Waals surface area contributed by atoms with Crippen LogP contribution < -0.4 is 10.0 Å². The zero-order chi connectivity index (χ0) is 14.5. The lowest BCUT2D eigenvalue weighted by Crippen LogP contribution is -2.36. The normalized spacial score (nSPS) is 11.1. The van der Waals surface area contributed by atoms with Crippen molar-refractivity contribution in [2.75, 3.05) is 28.9 Å². The van der Waals surface area contributed by atoms with E-state index < -0.39 is 21.7 Å². The third-order valence-electron chi connectivity index (χ3n) is 2.41. The van der Waals surface area contributed by atoms with E-state index in [9.17, 15) is 13.2 Å². The van der Waals surface area contributed by atoms with Gasteiger partial charge in [0.2, 0.25) is 10.0 Å². The molecule has 1 aromatic rings. The van der Waals surface area contributed by atoms with Gasteiger partial charge >= 0.3 is 5.97 Å². The fourth-order valence-electron chi connectivity index (χ4n) is 1.61. The third-order valence-corrected chi connectivity index (χ3v) is 4.15. The average molecular weight is 286 g/mol.